The normalized spacial score (nSPS) is 10.9. The number of rotatable bonds is 7. The van der Waals surface area contributed by atoms with Gasteiger partial charge in [-0.15, -0.1) is 0 Å². The lowest BCUT2D eigenvalue weighted by molar-refractivity contribution is 0.112. The molecule has 2 aromatic carbocycles. The molecule has 2 rings (SSSR count). The molecule has 0 aliphatic heterocycles. The Morgan fingerprint density at radius 1 is 0.900 bits per heavy atom. The van der Waals surface area contributed by atoms with Gasteiger partial charge in [-0.25, -0.2) is 0 Å². The minimum absolute atomic E-state index is 0.860. The average Bonchev–Trinajstić information content (AvgIpc) is 2.50. The van der Waals surface area contributed by atoms with Crippen LogP contribution in [0.4, 0.5) is 0 Å². The van der Waals surface area contributed by atoms with Crippen LogP contribution in [0, 0.1) is 0 Å². The van der Waals surface area contributed by atoms with Gasteiger partial charge < -0.3 is 0 Å². The van der Waals surface area contributed by atoms with Crippen LogP contribution >= 0.6 is 0 Å². The number of fused-ring (bicyclic) bond motifs is 1. The van der Waals surface area contributed by atoms with Crippen molar-refractivity contribution < 1.29 is 4.79 Å². The van der Waals surface area contributed by atoms with E-state index in [-0.39, 0.29) is 0 Å². The highest BCUT2D eigenvalue weighted by atomic mass is 16.1. The van der Waals surface area contributed by atoms with E-state index in [0.29, 0.717) is 0 Å². The first-order valence-electron chi connectivity index (χ1n) is 7.80. The molecule has 1 nitrogen and oxygen atoms in total. The van der Waals surface area contributed by atoms with E-state index in [2.05, 4.69) is 38.1 Å². The largest absolute Gasteiger partial charge is 0.298 e. The van der Waals surface area contributed by atoms with Crippen molar-refractivity contribution in [1.29, 1.82) is 0 Å². The first-order valence-corrected chi connectivity index (χ1v) is 7.80. The number of carbonyl (C=O) groups is 1. The van der Waals surface area contributed by atoms with Gasteiger partial charge in [0.05, 0.1) is 0 Å². The summed E-state index contributed by atoms with van der Waals surface area (Å²) in [7, 11) is 0. The van der Waals surface area contributed by atoms with E-state index in [1.807, 2.05) is 6.07 Å². The van der Waals surface area contributed by atoms with E-state index < -0.39 is 0 Å². The third-order valence-corrected chi connectivity index (χ3v) is 4.01. The predicted octanol–water partition coefficient (Wildman–Crippen LogP) is 5.34. The molecule has 0 saturated carbocycles. The van der Waals surface area contributed by atoms with Crippen molar-refractivity contribution in [3.63, 3.8) is 0 Å². The van der Waals surface area contributed by atoms with Crippen LogP contribution in [-0.2, 0) is 12.8 Å². The fraction of sp³-hybridized carbons (Fsp3) is 0.421. The van der Waals surface area contributed by atoms with E-state index in [9.17, 15) is 4.79 Å². The molecule has 0 unspecified atom stereocenters. The molecular weight excluding hydrogens is 244 g/mol. The highest BCUT2D eigenvalue weighted by Crippen LogP contribution is 2.27. The molecule has 0 bridgehead atoms. The molecule has 0 amide bonds. The lowest BCUT2D eigenvalue weighted by Crippen LogP contribution is -1.97. The summed E-state index contributed by atoms with van der Waals surface area (Å²) in [6.07, 6.45) is 7.86. The van der Waals surface area contributed by atoms with Crippen molar-refractivity contribution in [2.24, 2.45) is 0 Å². The molecule has 1 heteroatoms. The Morgan fingerprint density at radius 3 is 2.35 bits per heavy atom. The molecule has 0 N–H and O–H groups in total. The maximum absolute atomic E-state index is 11.3. The van der Waals surface area contributed by atoms with Crippen LogP contribution in [0.25, 0.3) is 10.8 Å². The first kappa shape index (κ1) is 14.8. The van der Waals surface area contributed by atoms with Gasteiger partial charge in [-0.05, 0) is 47.6 Å². The van der Waals surface area contributed by atoms with Crippen LogP contribution in [0.5, 0.6) is 0 Å². The molecule has 0 radical (unpaired) electrons. The quantitative estimate of drug-likeness (QED) is 0.620. The van der Waals surface area contributed by atoms with Gasteiger partial charge in [-0.1, -0.05) is 57.0 Å². The molecule has 0 spiro atoms. The van der Waals surface area contributed by atoms with Gasteiger partial charge in [0.2, 0.25) is 0 Å². The van der Waals surface area contributed by atoms with Crippen LogP contribution in [0.1, 0.15) is 61.0 Å². The Morgan fingerprint density at radius 2 is 1.65 bits per heavy atom. The summed E-state index contributed by atoms with van der Waals surface area (Å²) in [5.74, 6) is 0. The van der Waals surface area contributed by atoms with E-state index in [4.69, 9.17) is 0 Å². The number of aldehydes is 1. The van der Waals surface area contributed by atoms with Crippen LogP contribution in [0.2, 0.25) is 0 Å². The molecule has 0 fully saturated rings. The van der Waals surface area contributed by atoms with Gasteiger partial charge in [0.25, 0.3) is 0 Å². The highest BCUT2D eigenvalue weighted by molar-refractivity contribution is 5.94. The molecule has 0 atom stereocenters. The molecule has 0 aliphatic carbocycles. The van der Waals surface area contributed by atoms with E-state index in [0.717, 1.165) is 37.5 Å². The molecule has 0 heterocycles. The summed E-state index contributed by atoms with van der Waals surface area (Å²) >= 11 is 0. The third-order valence-electron chi connectivity index (χ3n) is 4.01. The highest BCUT2D eigenvalue weighted by Gasteiger charge is 2.09. The molecular formula is C19H24O. The molecule has 0 aromatic heterocycles. The fourth-order valence-electron chi connectivity index (χ4n) is 2.83. The Hall–Kier alpha value is -1.63. The minimum atomic E-state index is 0.860. The van der Waals surface area contributed by atoms with Gasteiger partial charge in [0.1, 0.15) is 6.29 Å². The van der Waals surface area contributed by atoms with Crippen molar-refractivity contribution in [2.45, 2.75) is 52.4 Å². The minimum Gasteiger partial charge on any atom is -0.298 e. The number of carbonyl (C=O) groups excluding carboxylic acids is 1. The molecule has 0 saturated heterocycles. The van der Waals surface area contributed by atoms with Crippen molar-refractivity contribution in [2.75, 3.05) is 0 Å². The second kappa shape index (κ2) is 7.23. The third kappa shape index (κ3) is 3.09. The van der Waals surface area contributed by atoms with Crippen molar-refractivity contribution in [3.8, 4) is 0 Å². The number of unbranched alkanes of at least 4 members (excludes halogenated alkanes) is 2. The maximum Gasteiger partial charge on any atom is 0.150 e. The van der Waals surface area contributed by atoms with Crippen LogP contribution in [0.15, 0.2) is 30.3 Å². The topological polar surface area (TPSA) is 17.1 Å². The molecule has 0 aliphatic rings. The van der Waals surface area contributed by atoms with E-state index >= 15 is 0 Å². The lowest BCUT2D eigenvalue weighted by atomic mass is 9.92. The zero-order chi connectivity index (χ0) is 14.4. The SMILES string of the molecule is CCCCc1cccc2c(CCCC)c(C=O)ccc12. The zero-order valence-electron chi connectivity index (χ0n) is 12.6. The van der Waals surface area contributed by atoms with E-state index in [1.54, 1.807) is 0 Å². The average molecular weight is 268 g/mol. The summed E-state index contributed by atoms with van der Waals surface area (Å²) in [4.78, 5) is 11.3. The summed E-state index contributed by atoms with van der Waals surface area (Å²) in [6.45, 7) is 4.42. The van der Waals surface area contributed by atoms with Crippen LogP contribution in [-0.4, -0.2) is 6.29 Å². The zero-order valence-corrected chi connectivity index (χ0v) is 12.6. The second-order valence-corrected chi connectivity index (χ2v) is 5.47. The van der Waals surface area contributed by atoms with Crippen molar-refractivity contribution in [3.05, 3.63) is 47.0 Å². The lowest BCUT2D eigenvalue weighted by Gasteiger charge is -2.12. The fourth-order valence-corrected chi connectivity index (χ4v) is 2.83. The standard InChI is InChI=1S/C19H24O/c1-3-5-8-15-9-7-11-19-17(10-6-4-2)16(14-20)12-13-18(15)19/h7,9,11-14H,3-6,8,10H2,1-2H3. The molecule has 2 aromatic rings. The van der Waals surface area contributed by atoms with Gasteiger partial charge in [-0.3, -0.25) is 4.79 Å². The second-order valence-electron chi connectivity index (χ2n) is 5.47. The summed E-state index contributed by atoms with van der Waals surface area (Å²) in [6, 6.07) is 10.7. The number of benzene rings is 2. The monoisotopic (exact) mass is 268 g/mol. The van der Waals surface area contributed by atoms with Gasteiger partial charge in [-0.2, -0.15) is 0 Å². The smallest absolute Gasteiger partial charge is 0.150 e. The summed E-state index contributed by atoms with van der Waals surface area (Å²) in [5, 5.41) is 2.61. The Labute approximate surface area is 122 Å². The van der Waals surface area contributed by atoms with Crippen LogP contribution in [0.3, 0.4) is 0 Å². The molecule has 106 valence electrons. The summed E-state index contributed by atoms with van der Waals surface area (Å²) < 4.78 is 0. The number of aryl methyl sites for hydroxylation is 2. The van der Waals surface area contributed by atoms with Gasteiger partial charge >= 0.3 is 0 Å². The number of hydrogen-bond donors (Lipinski definition) is 0. The van der Waals surface area contributed by atoms with Crippen molar-refractivity contribution >= 4 is 17.1 Å². The van der Waals surface area contributed by atoms with Gasteiger partial charge in [0, 0.05) is 5.56 Å². The predicted molar refractivity (Wildman–Crippen MR) is 86.6 cm³/mol. The molecule has 20 heavy (non-hydrogen) atoms. The Balaban J connectivity index is 2.52. The first-order chi connectivity index (χ1) is 9.81. The Bertz CT molecular complexity index is 584. The maximum atomic E-state index is 11.3. The summed E-state index contributed by atoms with van der Waals surface area (Å²) in [5.41, 5.74) is 3.51. The van der Waals surface area contributed by atoms with Gasteiger partial charge in [0.15, 0.2) is 0 Å². The van der Waals surface area contributed by atoms with E-state index in [1.165, 1.54) is 34.7 Å². The number of hydrogen-bond acceptors (Lipinski definition) is 1. The Kier molecular flexibility index (Phi) is 5.34. The van der Waals surface area contributed by atoms with Crippen molar-refractivity contribution in [1.82, 2.24) is 0 Å². The van der Waals surface area contributed by atoms with Crippen LogP contribution < -0.4 is 0 Å².